The van der Waals surface area contributed by atoms with E-state index in [4.69, 9.17) is 5.73 Å². The molecule has 0 amide bonds. The molecule has 2 aromatic heterocycles. The van der Waals surface area contributed by atoms with Gasteiger partial charge in [0.15, 0.2) is 0 Å². The van der Waals surface area contributed by atoms with E-state index in [0.717, 1.165) is 23.5 Å². The summed E-state index contributed by atoms with van der Waals surface area (Å²) in [5.41, 5.74) is 7.50. The van der Waals surface area contributed by atoms with Crippen LogP contribution in [0.1, 0.15) is 5.82 Å². The van der Waals surface area contributed by atoms with Crippen LogP contribution in [0, 0.1) is 0 Å². The van der Waals surface area contributed by atoms with E-state index >= 15 is 0 Å². The first-order valence-corrected chi connectivity index (χ1v) is 4.94. The van der Waals surface area contributed by atoms with E-state index in [1.165, 1.54) is 0 Å². The molecule has 0 saturated heterocycles. The van der Waals surface area contributed by atoms with Crippen molar-refractivity contribution in [3.05, 3.63) is 36.5 Å². The predicted octanol–water partition coefficient (Wildman–Crippen LogP) is 2.25. The van der Waals surface area contributed by atoms with Gasteiger partial charge in [-0.2, -0.15) is 0 Å². The molecule has 0 aromatic carbocycles. The molecule has 0 fully saturated rings. The van der Waals surface area contributed by atoms with E-state index < -0.39 is 0 Å². The monoisotopic (exact) mass is 310 g/mol. The molecule has 0 radical (unpaired) electrons. The third-order valence-electron chi connectivity index (χ3n) is 2.30. The maximum absolute atomic E-state index is 5.51. The zero-order valence-electron chi connectivity index (χ0n) is 9.94. The summed E-state index contributed by atoms with van der Waals surface area (Å²) in [5, 5.41) is 0. The Hall–Kier alpha value is -0.810. The SMILES string of the molecule is Cl.Cl.Cl.Cn1cc(-c2cccnc2)nc1CCN. The fourth-order valence-electron chi connectivity index (χ4n) is 1.52. The van der Waals surface area contributed by atoms with E-state index in [9.17, 15) is 0 Å². The number of hydrogen-bond donors (Lipinski definition) is 1. The van der Waals surface area contributed by atoms with E-state index in [2.05, 4.69) is 9.97 Å². The van der Waals surface area contributed by atoms with Crippen LogP contribution in [0.15, 0.2) is 30.7 Å². The Morgan fingerprint density at radius 1 is 1.28 bits per heavy atom. The van der Waals surface area contributed by atoms with Crippen LogP contribution in [0.5, 0.6) is 0 Å². The van der Waals surface area contributed by atoms with Crippen LogP contribution in [0.3, 0.4) is 0 Å². The average Bonchev–Trinajstić information content (AvgIpc) is 2.63. The second kappa shape index (κ2) is 9.16. The number of hydrogen-bond acceptors (Lipinski definition) is 3. The largest absolute Gasteiger partial charge is 0.337 e. The van der Waals surface area contributed by atoms with Crippen LogP contribution >= 0.6 is 37.2 Å². The highest BCUT2D eigenvalue weighted by atomic mass is 35.5. The molecule has 0 unspecified atom stereocenters. The third kappa shape index (κ3) is 4.46. The molecule has 0 saturated carbocycles. The topological polar surface area (TPSA) is 56.7 Å². The van der Waals surface area contributed by atoms with Crippen molar-refractivity contribution in [1.82, 2.24) is 14.5 Å². The molecule has 2 rings (SSSR count). The van der Waals surface area contributed by atoms with Crippen molar-refractivity contribution in [2.45, 2.75) is 6.42 Å². The Bertz CT molecular complexity index is 445. The van der Waals surface area contributed by atoms with E-state index in [-0.39, 0.29) is 37.2 Å². The highest BCUT2D eigenvalue weighted by Crippen LogP contribution is 2.16. The van der Waals surface area contributed by atoms with Crippen LogP contribution in [-0.4, -0.2) is 21.1 Å². The van der Waals surface area contributed by atoms with Crippen molar-refractivity contribution in [3.63, 3.8) is 0 Å². The van der Waals surface area contributed by atoms with Crippen LogP contribution < -0.4 is 5.73 Å². The minimum atomic E-state index is 0. The molecule has 2 heterocycles. The quantitative estimate of drug-likeness (QED) is 0.946. The molecule has 0 aliphatic carbocycles. The molecular formula is C11H17Cl3N4. The number of pyridine rings is 1. The van der Waals surface area contributed by atoms with Crippen LogP contribution in [0.4, 0.5) is 0 Å². The van der Waals surface area contributed by atoms with Crippen LogP contribution in [-0.2, 0) is 13.5 Å². The molecule has 2 N–H and O–H groups in total. The smallest absolute Gasteiger partial charge is 0.110 e. The lowest BCUT2D eigenvalue weighted by atomic mass is 10.2. The van der Waals surface area contributed by atoms with Gasteiger partial charge in [-0.1, -0.05) is 0 Å². The Balaban J connectivity index is 0. The Labute approximate surface area is 125 Å². The molecule has 0 bridgehead atoms. The van der Waals surface area contributed by atoms with Crippen molar-refractivity contribution in [3.8, 4) is 11.3 Å². The third-order valence-corrected chi connectivity index (χ3v) is 2.30. The average molecular weight is 312 g/mol. The number of imidazole rings is 1. The minimum Gasteiger partial charge on any atom is -0.337 e. The Morgan fingerprint density at radius 2 is 2.00 bits per heavy atom. The number of aryl methyl sites for hydroxylation is 1. The predicted molar refractivity (Wildman–Crippen MR) is 80.9 cm³/mol. The summed E-state index contributed by atoms with van der Waals surface area (Å²) >= 11 is 0. The fraction of sp³-hybridized carbons (Fsp3) is 0.273. The maximum atomic E-state index is 5.51. The number of rotatable bonds is 3. The summed E-state index contributed by atoms with van der Waals surface area (Å²) in [7, 11) is 1.98. The van der Waals surface area contributed by atoms with Crippen molar-refractivity contribution in [2.75, 3.05) is 6.54 Å². The van der Waals surface area contributed by atoms with E-state index in [1.54, 1.807) is 6.20 Å². The van der Waals surface area contributed by atoms with Gasteiger partial charge < -0.3 is 10.3 Å². The second-order valence-electron chi connectivity index (χ2n) is 3.43. The van der Waals surface area contributed by atoms with Gasteiger partial charge in [-0.3, -0.25) is 4.98 Å². The van der Waals surface area contributed by atoms with Gasteiger partial charge >= 0.3 is 0 Å². The summed E-state index contributed by atoms with van der Waals surface area (Å²) in [6.45, 7) is 0.622. The highest BCUT2D eigenvalue weighted by molar-refractivity contribution is 5.86. The fourth-order valence-corrected chi connectivity index (χ4v) is 1.52. The molecule has 0 aliphatic heterocycles. The first-order valence-electron chi connectivity index (χ1n) is 4.94. The lowest BCUT2D eigenvalue weighted by molar-refractivity contribution is 0.778. The van der Waals surface area contributed by atoms with Crippen LogP contribution in [0.25, 0.3) is 11.3 Å². The van der Waals surface area contributed by atoms with Crippen molar-refractivity contribution >= 4 is 37.2 Å². The van der Waals surface area contributed by atoms with Crippen molar-refractivity contribution in [1.29, 1.82) is 0 Å². The number of aromatic nitrogens is 3. The lowest BCUT2D eigenvalue weighted by Crippen LogP contribution is -2.07. The molecule has 18 heavy (non-hydrogen) atoms. The molecule has 102 valence electrons. The van der Waals surface area contributed by atoms with Gasteiger partial charge in [0.1, 0.15) is 5.82 Å². The summed E-state index contributed by atoms with van der Waals surface area (Å²) < 4.78 is 2.01. The van der Waals surface area contributed by atoms with Gasteiger partial charge in [-0.05, 0) is 18.7 Å². The highest BCUT2D eigenvalue weighted by Gasteiger charge is 2.05. The van der Waals surface area contributed by atoms with Gasteiger partial charge in [-0.25, -0.2) is 4.98 Å². The zero-order valence-corrected chi connectivity index (χ0v) is 12.4. The summed E-state index contributed by atoms with van der Waals surface area (Å²) in [6.07, 6.45) is 6.38. The lowest BCUT2D eigenvalue weighted by Gasteiger charge is -1.96. The van der Waals surface area contributed by atoms with Gasteiger partial charge in [0.05, 0.1) is 5.69 Å². The van der Waals surface area contributed by atoms with Gasteiger partial charge in [-0.15, -0.1) is 37.2 Å². The van der Waals surface area contributed by atoms with Gasteiger partial charge in [0, 0.05) is 37.6 Å². The standard InChI is InChI=1S/C11H14N4.3ClH/c1-15-8-10(14-11(15)4-5-12)9-3-2-6-13-7-9;;;/h2-3,6-8H,4-5,12H2,1H3;3*1H. The molecule has 0 atom stereocenters. The van der Waals surface area contributed by atoms with Crippen molar-refractivity contribution in [2.24, 2.45) is 12.8 Å². The first-order chi connectivity index (χ1) is 7.31. The zero-order chi connectivity index (χ0) is 10.7. The molecule has 0 aliphatic rings. The molecule has 4 nitrogen and oxygen atoms in total. The van der Waals surface area contributed by atoms with E-state index in [0.29, 0.717) is 6.54 Å². The molecule has 2 aromatic rings. The maximum Gasteiger partial charge on any atom is 0.110 e. The van der Waals surface area contributed by atoms with Crippen LogP contribution in [0.2, 0.25) is 0 Å². The minimum absolute atomic E-state index is 0. The Kier molecular flexibility index (Phi) is 9.94. The molecule has 7 heteroatoms. The van der Waals surface area contributed by atoms with Crippen molar-refractivity contribution < 1.29 is 0 Å². The van der Waals surface area contributed by atoms with Gasteiger partial charge in [0.2, 0.25) is 0 Å². The molecular weight excluding hydrogens is 295 g/mol. The summed E-state index contributed by atoms with van der Waals surface area (Å²) in [4.78, 5) is 8.58. The van der Waals surface area contributed by atoms with E-state index in [1.807, 2.05) is 36.1 Å². The Morgan fingerprint density at radius 3 is 2.56 bits per heavy atom. The second-order valence-corrected chi connectivity index (χ2v) is 3.43. The first kappa shape index (κ1) is 19.5. The number of nitrogens with zero attached hydrogens (tertiary/aromatic N) is 3. The number of halogens is 3. The number of nitrogens with two attached hydrogens (primary N) is 1. The van der Waals surface area contributed by atoms with Gasteiger partial charge in [0.25, 0.3) is 0 Å². The summed E-state index contributed by atoms with van der Waals surface area (Å²) in [5.74, 6) is 1.01. The molecule has 0 spiro atoms. The summed E-state index contributed by atoms with van der Waals surface area (Å²) in [6, 6.07) is 3.91. The normalized spacial score (nSPS) is 8.78.